The van der Waals surface area contributed by atoms with Gasteiger partial charge in [-0.2, -0.15) is 0 Å². The molecule has 6 heteroatoms. The molecule has 2 N–H and O–H groups in total. The number of phenolic OH excluding ortho intramolecular Hbond substituents is 1. The van der Waals surface area contributed by atoms with Gasteiger partial charge in [-0.1, -0.05) is 0 Å². The Balaban J connectivity index is 1.73. The normalized spacial score (nSPS) is 26.6. The maximum Gasteiger partial charge on any atom is 0.296 e. The van der Waals surface area contributed by atoms with E-state index in [1.54, 1.807) is 6.07 Å². The van der Waals surface area contributed by atoms with Crippen LogP contribution in [0.4, 0.5) is 11.4 Å². The molecule has 1 aliphatic heterocycles. The first-order valence-corrected chi connectivity index (χ1v) is 7.04. The van der Waals surface area contributed by atoms with Crippen molar-refractivity contribution in [2.45, 2.75) is 44.3 Å². The lowest BCUT2D eigenvalue weighted by molar-refractivity contribution is -0.384. The van der Waals surface area contributed by atoms with Gasteiger partial charge in [0.05, 0.1) is 11.0 Å². The molecule has 0 aromatic heterocycles. The van der Waals surface area contributed by atoms with Crippen molar-refractivity contribution in [3.8, 4) is 5.75 Å². The zero-order valence-corrected chi connectivity index (χ0v) is 11.5. The van der Waals surface area contributed by atoms with Gasteiger partial charge >= 0.3 is 0 Å². The molecule has 0 bridgehead atoms. The fourth-order valence-electron chi connectivity index (χ4n) is 3.09. The molecule has 3 rings (SSSR count). The molecule has 1 saturated heterocycles. The van der Waals surface area contributed by atoms with Crippen molar-refractivity contribution in [1.29, 1.82) is 0 Å². The third-order valence-electron chi connectivity index (χ3n) is 4.18. The lowest BCUT2D eigenvalue weighted by Gasteiger charge is -2.19. The van der Waals surface area contributed by atoms with Crippen molar-refractivity contribution in [2.75, 3.05) is 11.9 Å². The molecule has 108 valence electrons. The summed E-state index contributed by atoms with van der Waals surface area (Å²) in [5.74, 6) is -0.0818. The van der Waals surface area contributed by atoms with Crippen molar-refractivity contribution in [1.82, 2.24) is 4.90 Å². The Morgan fingerprint density at radius 3 is 2.85 bits per heavy atom. The van der Waals surface area contributed by atoms with Crippen LogP contribution in [0.5, 0.6) is 5.75 Å². The van der Waals surface area contributed by atoms with Crippen LogP contribution in [-0.2, 0) is 0 Å². The van der Waals surface area contributed by atoms with Crippen molar-refractivity contribution in [3.05, 3.63) is 28.3 Å². The number of rotatable bonds is 4. The molecule has 1 aromatic rings. The van der Waals surface area contributed by atoms with Gasteiger partial charge in [0.25, 0.3) is 5.69 Å². The highest BCUT2D eigenvalue weighted by atomic mass is 16.6. The number of hydrogen-bond acceptors (Lipinski definition) is 5. The van der Waals surface area contributed by atoms with E-state index in [0.717, 1.165) is 13.0 Å². The van der Waals surface area contributed by atoms with Gasteiger partial charge in [0.2, 0.25) is 0 Å². The van der Waals surface area contributed by atoms with Gasteiger partial charge in [-0.05, 0) is 38.3 Å². The van der Waals surface area contributed by atoms with Crippen molar-refractivity contribution >= 4 is 11.4 Å². The lowest BCUT2D eigenvalue weighted by Crippen LogP contribution is -2.31. The molecule has 0 spiro atoms. The first-order valence-electron chi connectivity index (χ1n) is 7.04. The molecule has 2 atom stereocenters. The number of nitro groups is 1. The Morgan fingerprint density at radius 2 is 2.20 bits per heavy atom. The molecule has 1 aliphatic carbocycles. The number of nitrogens with one attached hydrogen (secondary N) is 1. The van der Waals surface area contributed by atoms with Gasteiger partial charge in [-0.3, -0.25) is 15.0 Å². The van der Waals surface area contributed by atoms with E-state index in [1.807, 2.05) is 0 Å². The molecule has 0 amide bonds. The van der Waals surface area contributed by atoms with Gasteiger partial charge in [0.15, 0.2) is 0 Å². The Bertz CT molecular complexity index is 530. The number of nitrogens with zero attached hydrogens (tertiary/aromatic N) is 2. The molecule has 2 fully saturated rings. The highest BCUT2D eigenvalue weighted by Crippen LogP contribution is 2.35. The summed E-state index contributed by atoms with van der Waals surface area (Å²) in [6.45, 7) is 3.15. The number of anilines is 1. The van der Waals surface area contributed by atoms with E-state index in [0.29, 0.717) is 17.8 Å². The van der Waals surface area contributed by atoms with E-state index in [-0.39, 0.29) is 17.5 Å². The molecule has 20 heavy (non-hydrogen) atoms. The minimum atomic E-state index is -0.459. The summed E-state index contributed by atoms with van der Waals surface area (Å²) in [5.41, 5.74) is 0.421. The molecule has 1 aromatic carbocycles. The maximum atomic E-state index is 11.0. The summed E-state index contributed by atoms with van der Waals surface area (Å²) in [4.78, 5) is 13.1. The van der Waals surface area contributed by atoms with Crippen LogP contribution in [0.25, 0.3) is 0 Å². The van der Waals surface area contributed by atoms with Gasteiger partial charge in [0, 0.05) is 24.7 Å². The molecular formula is C14H19N3O3. The first kappa shape index (κ1) is 13.2. The summed E-state index contributed by atoms with van der Waals surface area (Å²) in [7, 11) is 0. The Morgan fingerprint density at radius 1 is 1.45 bits per heavy atom. The van der Waals surface area contributed by atoms with Crippen molar-refractivity contribution < 1.29 is 10.0 Å². The first-order chi connectivity index (χ1) is 9.54. The quantitative estimate of drug-likeness (QED) is 0.501. The second-order valence-corrected chi connectivity index (χ2v) is 5.81. The Labute approximate surface area is 117 Å². The van der Waals surface area contributed by atoms with Crippen molar-refractivity contribution in [3.63, 3.8) is 0 Å². The third kappa shape index (κ3) is 2.56. The summed E-state index contributed by atoms with van der Waals surface area (Å²) >= 11 is 0. The second kappa shape index (κ2) is 4.94. The SMILES string of the molecule is CC1CC(Nc2ccc(O)cc2[N+](=O)[O-])CN1C1CC1. The molecule has 0 radical (unpaired) electrons. The fourth-order valence-corrected chi connectivity index (χ4v) is 3.09. The minimum Gasteiger partial charge on any atom is -0.508 e. The monoisotopic (exact) mass is 277 g/mol. The van der Waals surface area contributed by atoms with Gasteiger partial charge in [-0.15, -0.1) is 0 Å². The maximum absolute atomic E-state index is 11.0. The number of hydrogen-bond donors (Lipinski definition) is 2. The number of likely N-dealkylation sites (tertiary alicyclic amines) is 1. The van der Waals surface area contributed by atoms with Crippen LogP contribution in [-0.4, -0.2) is 39.6 Å². The average Bonchev–Trinajstić information content (AvgIpc) is 3.16. The lowest BCUT2D eigenvalue weighted by atomic mass is 10.1. The summed E-state index contributed by atoms with van der Waals surface area (Å²) < 4.78 is 0. The highest BCUT2D eigenvalue weighted by molar-refractivity contribution is 5.64. The Kier molecular flexibility index (Phi) is 3.25. The van der Waals surface area contributed by atoms with Crippen LogP contribution in [0.15, 0.2) is 18.2 Å². The average molecular weight is 277 g/mol. The van der Waals surface area contributed by atoms with E-state index in [2.05, 4.69) is 17.1 Å². The predicted molar refractivity (Wildman–Crippen MR) is 76.0 cm³/mol. The van der Waals surface area contributed by atoms with E-state index >= 15 is 0 Å². The zero-order valence-electron chi connectivity index (χ0n) is 11.5. The number of aromatic hydroxyl groups is 1. The fraction of sp³-hybridized carbons (Fsp3) is 0.571. The van der Waals surface area contributed by atoms with Gasteiger partial charge in [-0.25, -0.2) is 0 Å². The predicted octanol–water partition coefficient (Wildman–Crippen LogP) is 2.34. The van der Waals surface area contributed by atoms with E-state index in [9.17, 15) is 15.2 Å². The summed E-state index contributed by atoms with van der Waals surface area (Å²) in [6.07, 6.45) is 3.54. The third-order valence-corrected chi connectivity index (χ3v) is 4.18. The second-order valence-electron chi connectivity index (χ2n) is 5.81. The minimum absolute atomic E-state index is 0.0671. The molecule has 2 unspecified atom stereocenters. The van der Waals surface area contributed by atoms with E-state index in [4.69, 9.17) is 0 Å². The van der Waals surface area contributed by atoms with Crippen LogP contribution in [0.3, 0.4) is 0 Å². The van der Waals surface area contributed by atoms with Crippen LogP contribution in [0, 0.1) is 10.1 Å². The smallest absolute Gasteiger partial charge is 0.296 e. The molecular weight excluding hydrogens is 258 g/mol. The number of nitro benzene ring substituents is 1. The number of benzene rings is 1. The van der Waals surface area contributed by atoms with Crippen LogP contribution in [0.1, 0.15) is 26.2 Å². The highest BCUT2D eigenvalue weighted by Gasteiger charge is 2.39. The Hall–Kier alpha value is -1.82. The van der Waals surface area contributed by atoms with Crippen LogP contribution >= 0.6 is 0 Å². The van der Waals surface area contributed by atoms with Crippen molar-refractivity contribution in [2.24, 2.45) is 0 Å². The van der Waals surface area contributed by atoms with Gasteiger partial charge in [0.1, 0.15) is 11.4 Å². The largest absolute Gasteiger partial charge is 0.508 e. The molecule has 2 aliphatic rings. The number of phenols is 1. The van der Waals surface area contributed by atoms with E-state index < -0.39 is 4.92 Å². The standard InChI is InChI=1S/C14H19N3O3/c1-9-6-10(8-16(9)11-2-3-11)15-13-5-4-12(18)7-14(13)17(19)20/h4-5,7,9-11,15,18H,2-3,6,8H2,1H3. The zero-order chi connectivity index (χ0) is 14.3. The van der Waals surface area contributed by atoms with Crippen LogP contribution < -0.4 is 5.32 Å². The van der Waals surface area contributed by atoms with Crippen LogP contribution in [0.2, 0.25) is 0 Å². The topological polar surface area (TPSA) is 78.6 Å². The molecule has 1 saturated carbocycles. The van der Waals surface area contributed by atoms with E-state index in [1.165, 1.54) is 25.0 Å². The molecule has 1 heterocycles. The summed E-state index contributed by atoms with van der Waals surface area (Å²) in [5, 5.41) is 23.7. The van der Waals surface area contributed by atoms with Gasteiger partial charge < -0.3 is 10.4 Å². The molecule has 6 nitrogen and oxygen atoms in total. The summed E-state index contributed by atoms with van der Waals surface area (Å²) in [6, 6.07) is 5.72.